The van der Waals surface area contributed by atoms with E-state index in [9.17, 15) is 15.0 Å². The Bertz CT molecular complexity index is 435. The van der Waals surface area contributed by atoms with Gasteiger partial charge in [-0.15, -0.1) is 0 Å². The number of alkyl halides is 1. The Hall–Kier alpha value is -1.23. The molecule has 18 heavy (non-hydrogen) atoms. The SMILES string of the molecule is O=C(NC1(CBr)CCCC1)c1c(O)cccc1O. The molecule has 0 radical (unpaired) electrons. The molecule has 0 atom stereocenters. The van der Waals surface area contributed by atoms with Crippen molar-refractivity contribution in [3.63, 3.8) is 0 Å². The number of carbonyl (C=O) groups excluding carboxylic acids is 1. The van der Waals surface area contributed by atoms with Gasteiger partial charge in [-0.25, -0.2) is 0 Å². The molecule has 1 aliphatic carbocycles. The molecule has 0 aromatic heterocycles. The summed E-state index contributed by atoms with van der Waals surface area (Å²) in [4.78, 5) is 12.2. The van der Waals surface area contributed by atoms with E-state index in [4.69, 9.17) is 0 Å². The highest BCUT2D eigenvalue weighted by atomic mass is 79.9. The Morgan fingerprint density at radius 1 is 1.28 bits per heavy atom. The number of nitrogens with one attached hydrogen (secondary N) is 1. The fourth-order valence-corrected chi connectivity index (χ4v) is 3.11. The fourth-order valence-electron chi connectivity index (χ4n) is 2.41. The second kappa shape index (κ2) is 5.18. The van der Waals surface area contributed by atoms with Crippen molar-refractivity contribution in [2.75, 3.05) is 5.33 Å². The van der Waals surface area contributed by atoms with Crippen LogP contribution in [0.2, 0.25) is 0 Å². The molecule has 0 saturated heterocycles. The number of carbonyl (C=O) groups is 1. The topological polar surface area (TPSA) is 69.6 Å². The quantitative estimate of drug-likeness (QED) is 0.751. The van der Waals surface area contributed by atoms with Gasteiger partial charge >= 0.3 is 0 Å². The molecular weight excluding hydrogens is 298 g/mol. The molecule has 1 aromatic rings. The second-order valence-corrected chi connectivity index (χ2v) is 5.31. The summed E-state index contributed by atoms with van der Waals surface area (Å²) in [5.41, 5.74) is -0.309. The number of phenols is 2. The molecule has 0 heterocycles. The zero-order valence-electron chi connectivity index (χ0n) is 9.95. The lowest BCUT2D eigenvalue weighted by Crippen LogP contribution is -2.47. The molecule has 1 aliphatic rings. The van der Waals surface area contributed by atoms with Gasteiger partial charge in [0.25, 0.3) is 5.91 Å². The summed E-state index contributed by atoms with van der Waals surface area (Å²) in [6, 6.07) is 4.28. The normalized spacial score (nSPS) is 17.6. The second-order valence-electron chi connectivity index (χ2n) is 4.75. The van der Waals surface area contributed by atoms with Crippen molar-refractivity contribution in [2.24, 2.45) is 0 Å². The molecule has 1 saturated carbocycles. The Labute approximate surface area is 114 Å². The predicted molar refractivity (Wildman–Crippen MR) is 72.2 cm³/mol. The molecule has 0 aliphatic heterocycles. The summed E-state index contributed by atoms with van der Waals surface area (Å²) >= 11 is 3.43. The summed E-state index contributed by atoms with van der Waals surface area (Å²) in [6.07, 6.45) is 3.99. The number of rotatable bonds is 3. The van der Waals surface area contributed by atoms with E-state index in [2.05, 4.69) is 21.2 Å². The average Bonchev–Trinajstić information content (AvgIpc) is 2.78. The standard InChI is InChI=1S/C13H16BrNO3/c14-8-13(6-1-2-7-13)15-12(18)11-9(16)4-3-5-10(11)17/h3-5,16-17H,1-2,6-8H2,(H,15,18). The van der Waals surface area contributed by atoms with E-state index in [1.807, 2.05) is 0 Å². The fraction of sp³-hybridized carbons (Fsp3) is 0.462. The maximum atomic E-state index is 12.2. The van der Waals surface area contributed by atoms with Crippen molar-refractivity contribution >= 4 is 21.8 Å². The van der Waals surface area contributed by atoms with Crippen LogP contribution in [0.1, 0.15) is 36.0 Å². The van der Waals surface area contributed by atoms with Crippen molar-refractivity contribution in [3.8, 4) is 11.5 Å². The van der Waals surface area contributed by atoms with Gasteiger partial charge in [0.1, 0.15) is 17.1 Å². The van der Waals surface area contributed by atoms with E-state index >= 15 is 0 Å². The first-order valence-corrected chi connectivity index (χ1v) is 7.09. The van der Waals surface area contributed by atoms with E-state index in [1.165, 1.54) is 18.2 Å². The number of hydrogen-bond acceptors (Lipinski definition) is 3. The van der Waals surface area contributed by atoms with Gasteiger partial charge in [-0.1, -0.05) is 34.8 Å². The third-order valence-corrected chi connectivity index (χ3v) is 4.52. The molecular formula is C13H16BrNO3. The number of aromatic hydroxyl groups is 2. The average molecular weight is 314 g/mol. The molecule has 2 rings (SSSR count). The lowest BCUT2D eigenvalue weighted by atomic mass is 9.99. The maximum Gasteiger partial charge on any atom is 0.259 e. The molecule has 1 aromatic carbocycles. The van der Waals surface area contributed by atoms with E-state index in [0.29, 0.717) is 5.33 Å². The molecule has 98 valence electrons. The number of halogens is 1. The summed E-state index contributed by atoms with van der Waals surface area (Å²) < 4.78 is 0. The van der Waals surface area contributed by atoms with Crippen molar-refractivity contribution in [1.29, 1.82) is 0 Å². The third-order valence-electron chi connectivity index (χ3n) is 3.44. The maximum absolute atomic E-state index is 12.2. The summed E-state index contributed by atoms with van der Waals surface area (Å²) in [7, 11) is 0. The molecule has 5 heteroatoms. The van der Waals surface area contributed by atoms with Crippen molar-refractivity contribution < 1.29 is 15.0 Å². The number of amides is 1. The Balaban J connectivity index is 2.22. The van der Waals surface area contributed by atoms with Gasteiger partial charge in [0, 0.05) is 5.33 Å². The third kappa shape index (κ3) is 2.46. The van der Waals surface area contributed by atoms with Crippen molar-refractivity contribution in [2.45, 2.75) is 31.2 Å². The first-order valence-electron chi connectivity index (χ1n) is 5.97. The minimum absolute atomic E-state index is 0.0512. The van der Waals surface area contributed by atoms with Crippen molar-refractivity contribution in [1.82, 2.24) is 5.32 Å². The number of hydrogen-bond donors (Lipinski definition) is 3. The molecule has 1 fully saturated rings. The predicted octanol–water partition coefficient (Wildman–Crippen LogP) is 2.54. The smallest absolute Gasteiger partial charge is 0.259 e. The van der Waals surface area contributed by atoms with Crippen LogP contribution < -0.4 is 5.32 Å². The van der Waals surface area contributed by atoms with Crippen LogP contribution in [0.4, 0.5) is 0 Å². The first-order chi connectivity index (χ1) is 8.58. The summed E-state index contributed by atoms with van der Waals surface area (Å²) in [6.45, 7) is 0. The van der Waals surface area contributed by atoms with Crippen LogP contribution in [0.5, 0.6) is 11.5 Å². The highest BCUT2D eigenvalue weighted by Gasteiger charge is 2.35. The largest absolute Gasteiger partial charge is 0.507 e. The molecule has 4 nitrogen and oxygen atoms in total. The minimum Gasteiger partial charge on any atom is -0.507 e. The van der Waals surface area contributed by atoms with Gasteiger partial charge in [0.05, 0.1) is 5.54 Å². The Morgan fingerprint density at radius 2 is 1.83 bits per heavy atom. The summed E-state index contributed by atoms with van der Waals surface area (Å²) in [5.74, 6) is -0.822. The lowest BCUT2D eigenvalue weighted by Gasteiger charge is -2.28. The lowest BCUT2D eigenvalue weighted by molar-refractivity contribution is 0.0905. The van der Waals surface area contributed by atoms with Crippen LogP contribution in [-0.4, -0.2) is 27.0 Å². The van der Waals surface area contributed by atoms with Crippen LogP contribution >= 0.6 is 15.9 Å². The van der Waals surface area contributed by atoms with Gasteiger partial charge in [-0.05, 0) is 25.0 Å². The monoisotopic (exact) mass is 313 g/mol. The number of phenolic OH excluding ortho intramolecular Hbond substituents is 2. The molecule has 3 N–H and O–H groups in total. The van der Waals surface area contributed by atoms with E-state index in [0.717, 1.165) is 25.7 Å². The van der Waals surface area contributed by atoms with Gasteiger partial charge in [0.2, 0.25) is 0 Å². The Morgan fingerprint density at radius 3 is 2.33 bits per heavy atom. The highest BCUT2D eigenvalue weighted by molar-refractivity contribution is 9.09. The molecule has 0 unspecified atom stereocenters. The first kappa shape index (κ1) is 13.2. The van der Waals surface area contributed by atoms with Crippen LogP contribution in [0, 0.1) is 0 Å². The van der Waals surface area contributed by atoms with Gasteiger partial charge < -0.3 is 15.5 Å². The van der Waals surface area contributed by atoms with Crippen LogP contribution in [0.25, 0.3) is 0 Å². The van der Waals surface area contributed by atoms with E-state index in [1.54, 1.807) is 0 Å². The Kier molecular flexibility index (Phi) is 3.80. The van der Waals surface area contributed by atoms with E-state index < -0.39 is 5.91 Å². The van der Waals surface area contributed by atoms with Gasteiger partial charge in [-0.2, -0.15) is 0 Å². The zero-order valence-corrected chi connectivity index (χ0v) is 11.5. The van der Waals surface area contributed by atoms with Gasteiger partial charge in [0.15, 0.2) is 0 Å². The van der Waals surface area contributed by atoms with Gasteiger partial charge in [-0.3, -0.25) is 4.79 Å². The van der Waals surface area contributed by atoms with E-state index in [-0.39, 0.29) is 22.6 Å². The minimum atomic E-state index is -0.424. The van der Waals surface area contributed by atoms with Crippen molar-refractivity contribution in [3.05, 3.63) is 23.8 Å². The zero-order chi connectivity index (χ0) is 13.2. The number of benzene rings is 1. The molecule has 0 spiro atoms. The highest BCUT2D eigenvalue weighted by Crippen LogP contribution is 2.33. The van der Waals surface area contributed by atoms with Crippen LogP contribution in [0.3, 0.4) is 0 Å². The molecule has 1 amide bonds. The van der Waals surface area contributed by atoms with Crippen LogP contribution in [-0.2, 0) is 0 Å². The summed E-state index contributed by atoms with van der Waals surface area (Å²) in [5, 5.41) is 22.9. The molecule has 0 bridgehead atoms. The van der Waals surface area contributed by atoms with Crippen LogP contribution in [0.15, 0.2) is 18.2 Å².